The van der Waals surface area contributed by atoms with E-state index in [1.165, 1.54) is 19.3 Å². The van der Waals surface area contributed by atoms with Gasteiger partial charge < -0.3 is 5.32 Å². The fourth-order valence-corrected chi connectivity index (χ4v) is 3.31. The third-order valence-corrected chi connectivity index (χ3v) is 4.57. The van der Waals surface area contributed by atoms with Crippen LogP contribution in [0.25, 0.3) is 10.6 Å². The summed E-state index contributed by atoms with van der Waals surface area (Å²) in [7, 11) is 0. The summed E-state index contributed by atoms with van der Waals surface area (Å²) < 4.78 is 0. The second kappa shape index (κ2) is 6.18. The van der Waals surface area contributed by atoms with Crippen molar-refractivity contribution in [2.45, 2.75) is 38.1 Å². The number of thiazole rings is 1. The first-order chi connectivity index (χ1) is 9.83. The molecule has 0 saturated heterocycles. The van der Waals surface area contributed by atoms with Crippen molar-refractivity contribution in [3.63, 3.8) is 0 Å². The van der Waals surface area contributed by atoms with Crippen LogP contribution in [0.5, 0.6) is 0 Å². The quantitative estimate of drug-likeness (QED) is 0.930. The van der Waals surface area contributed by atoms with Gasteiger partial charge in [0.25, 0.3) is 5.91 Å². The van der Waals surface area contributed by atoms with Crippen LogP contribution in [0, 0.1) is 0 Å². The monoisotopic (exact) mass is 286 g/mol. The molecule has 1 aromatic heterocycles. The van der Waals surface area contributed by atoms with Gasteiger partial charge in [0.05, 0.1) is 0 Å². The Morgan fingerprint density at radius 2 is 2.10 bits per heavy atom. The van der Waals surface area contributed by atoms with Crippen LogP contribution in [0.15, 0.2) is 35.8 Å². The van der Waals surface area contributed by atoms with Gasteiger partial charge in [-0.15, -0.1) is 11.3 Å². The summed E-state index contributed by atoms with van der Waals surface area (Å²) in [5.41, 5.74) is 1.74. The van der Waals surface area contributed by atoms with E-state index in [-0.39, 0.29) is 5.91 Å². The number of rotatable bonds is 3. The van der Waals surface area contributed by atoms with Crippen molar-refractivity contribution >= 4 is 17.2 Å². The van der Waals surface area contributed by atoms with Gasteiger partial charge in [0.1, 0.15) is 5.01 Å². The van der Waals surface area contributed by atoms with Gasteiger partial charge in [-0.25, -0.2) is 4.98 Å². The van der Waals surface area contributed by atoms with Crippen molar-refractivity contribution in [1.82, 2.24) is 10.3 Å². The normalized spacial score (nSPS) is 16.0. The van der Waals surface area contributed by atoms with Gasteiger partial charge >= 0.3 is 0 Å². The zero-order valence-corrected chi connectivity index (χ0v) is 12.2. The highest BCUT2D eigenvalue weighted by atomic mass is 32.1. The lowest BCUT2D eigenvalue weighted by molar-refractivity contribution is 0.0928. The van der Waals surface area contributed by atoms with Gasteiger partial charge in [0, 0.05) is 28.7 Å². The number of carbonyl (C=O) groups excluding carboxylic acids is 1. The van der Waals surface area contributed by atoms with Gasteiger partial charge in [-0.2, -0.15) is 0 Å². The Hall–Kier alpha value is -1.68. The van der Waals surface area contributed by atoms with E-state index >= 15 is 0 Å². The zero-order chi connectivity index (χ0) is 13.8. The first kappa shape index (κ1) is 13.3. The molecule has 1 N–H and O–H groups in total. The van der Waals surface area contributed by atoms with E-state index in [2.05, 4.69) is 10.3 Å². The first-order valence-electron chi connectivity index (χ1n) is 7.14. The number of hydrogen-bond acceptors (Lipinski definition) is 3. The summed E-state index contributed by atoms with van der Waals surface area (Å²) >= 11 is 1.59. The third-order valence-electron chi connectivity index (χ3n) is 3.74. The maximum Gasteiger partial charge on any atom is 0.251 e. The molecule has 1 aromatic carbocycles. The fraction of sp³-hybridized carbons (Fsp3) is 0.375. The molecule has 1 aliphatic carbocycles. The molecule has 3 rings (SSSR count). The average Bonchev–Trinajstić information content (AvgIpc) is 3.03. The van der Waals surface area contributed by atoms with Crippen LogP contribution in [0.2, 0.25) is 0 Å². The molecule has 0 unspecified atom stereocenters. The molecular formula is C16H18N2OS. The molecule has 1 heterocycles. The van der Waals surface area contributed by atoms with E-state index < -0.39 is 0 Å². The molecule has 104 valence electrons. The molecule has 1 aliphatic rings. The summed E-state index contributed by atoms with van der Waals surface area (Å²) in [4.78, 5) is 16.6. The predicted molar refractivity (Wildman–Crippen MR) is 81.9 cm³/mol. The number of aromatic nitrogens is 1. The third kappa shape index (κ3) is 3.07. The molecule has 1 fully saturated rings. The minimum absolute atomic E-state index is 0.0373. The molecule has 0 aliphatic heterocycles. The SMILES string of the molecule is O=C(NC1CCCCC1)c1cccc(-c2nccs2)c1. The van der Waals surface area contributed by atoms with Gasteiger partial charge in [0.2, 0.25) is 0 Å². The van der Waals surface area contributed by atoms with Crippen molar-refractivity contribution in [3.05, 3.63) is 41.4 Å². The number of hydrogen-bond donors (Lipinski definition) is 1. The van der Waals surface area contributed by atoms with E-state index in [4.69, 9.17) is 0 Å². The minimum atomic E-state index is 0.0373. The molecule has 1 saturated carbocycles. The summed E-state index contributed by atoms with van der Waals surface area (Å²) in [6.07, 6.45) is 7.75. The standard InChI is InChI=1S/C16H18N2OS/c19-15(18-14-7-2-1-3-8-14)12-5-4-6-13(11-12)16-17-9-10-20-16/h4-6,9-11,14H,1-3,7-8H2,(H,18,19). The number of benzene rings is 1. The number of amides is 1. The second-order valence-electron chi connectivity index (χ2n) is 5.23. The van der Waals surface area contributed by atoms with E-state index in [9.17, 15) is 4.79 Å². The van der Waals surface area contributed by atoms with Gasteiger partial charge in [-0.1, -0.05) is 31.4 Å². The molecule has 4 heteroatoms. The Labute approximate surface area is 123 Å². The van der Waals surface area contributed by atoms with Crippen molar-refractivity contribution < 1.29 is 4.79 Å². The van der Waals surface area contributed by atoms with E-state index in [1.54, 1.807) is 17.5 Å². The molecule has 0 atom stereocenters. The Kier molecular flexibility index (Phi) is 4.11. The zero-order valence-electron chi connectivity index (χ0n) is 11.3. The molecule has 3 nitrogen and oxygen atoms in total. The van der Waals surface area contributed by atoms with Crippen LogP contribution < -0.4 is 5.32 Å². The van der Waals surface area contributed by atoms with Gasteiger partial charge in [-0.05, 0) is 25.0 Å². The summed E-state index contributed by atoms with van der Waals surface area (Å²) in [6.45, 7) is 0. The molecule has 2 aromatic rings. The molecule has 20 heavy (non-hydrogen) atoms. The molecule has 0 spiro atoms. The highest BCUT2D eigenvalue weighted by Gasteiger charge is 2.16. The Morgan fingerprint density at radius 3 is 2.85 bits per heavy atom. The Balaban J connectivity index is 1.73. The maximum absolute atomic E-state index is 12.3. The number of carbonyl (C=O) groups is 1. The van der Waals surface area contributed by atoms with Crippen molar-refractivity contribution in [2.75, 3.05) is 0 Å². The van der Waals surface area contributed by atoms with Crippen molar-refractivity contribution in [1.29, 1.82) is 0 Å². The number of nitrogens with zero attached hydrogens (tertiary/aromatic N) is 1. The predicted octanol–water partition coefficient (Wildman–Crippen LogP) is 3.87. The molecule has 0 bridgehead atoms. The van der Waals surface area contributed by atoms with E-state index in [1.807, 2.05) is 29.6 Å². The summed E-state index contributed by atoms with van der Waals surface area (Å²) in [5.74, 6) is 0.0373. The lowest BCUT2D eigenvalue weighted by Crippen LogP contribution is -2.36. The van der Waals surface area contributed by atoms with Gasteiger partial charge in [0.15, 0.2) is 0 Å². The molecule has 1 amide bonds. The van der Waals surface area contributed by atoms with Crippen LogP contribution in [0.3, 0.4) is 0 Å². The smallest absolute Gasteiger partial charge is 0.251 e. The lowest BCUT2D eigenvalue weighted by Gasteiger charge is -2.22. The average molecular weight is 286 g/mol. The van der Waals surface area contributed by atoms with Crippen LogP contribution >= 0.6 is 11.3 Å². The van der Waals surface area contributed by atoms with Crippen molar-refractivity contribution in [3.8, 4) is 10.6 Å². The van der Waals surface area contributed by atoms with Crippen molar-refractivity contribution in [2.24, 2.45) is 0 Å². The topological polar surface area (TPSA) is 42.0 Å². The minimum Gasteiger partial charge on any atom is -0.349 e. The fourth-order valence-electron chi connectivity index (χ4n) is 2.68. The Bertz CT molecular complexity index is 574. The van der Waals surface area contributed by atoms with Gasteiger partial charge in [-0.3, -0.25) is 4.79 Å². The number of nitrogens with one attached hydrogen (secondary N) is 1. The van der Waals surface area contributed by atoms with E-state index in [0.29, 0.717) is 6.04 Å². The van der Waals surface area contributed by atoms with Crippen LogP contribution in [0.1, 0.15) is 42.5 Å². The van der Waals surface area contributed by atoms with Crippen LogP contribution in [-0.2, 0) is 0 Å². The molecular weight excluding hydrogens is 268 g/mol. The highest BCUT2D eigenvalue weighted by Crippen LogP contribution is 2.23. The largest absolute Gasteiger partial charge is 0.349 e. The maximum atomic E-state index is 12.3. The van der Waals surface area contributed by atoms with Crippen LogP contribution in [0.4, 0.5) is 0 Å². The van der Waals surface area contributed by atoms with E-state index in [0.717, 1.165) is 29.0 Å². The Morgan fingerprint density at radius 1 is 1.25 bits per heavy atom. The highest BCUT2D eigenvalue weighted by molar-refractivity contribution is 7.13. The second-order valence-corrected chi connectivity index (χ2v) is 6.12. The van der Waals surface area contributed by atoms with Crippen LogP contribution in [-0.4, -0.2) is 16.9 Å². The molecule has 0 radical (unpaired) electrons. The lowest BCUT2D eigenvalue weighted by atomic mass is 9.95. The summed E-state index contributed by atoms with van der Waals surface area (Å²) in [6, 6.07) is 8.06. The summed E-state index contributed by atoms with van der Waals surface area (Å²) in [5, 5.41) is 6.06. The first-order valence-corrected chi connectivity index (χ1v) is 8.02.